The van der Waals surface area contributed by atoms with Crippen LogP contribution in [0.15, 0.2) is 12.1 Å². The van der Waals surface area contributed by atoms with Crippen LogP contribution in [0, 0.1) is 0 Å². The van der Waals surface area contributed by atoms with Crippen LogP contribution in [0.1, 0.15) is 22.8 Å². The van der Waals surface area contributed by atoms with Gasteiger partial charge in [-0.15, -0.1) is 0 Å². The van der Waals surface area contributed by atoms with E-state index in [9.17, 15) is 9.90 Å². The Bertz CT molecular complexity index is 350. The number of nitrogen functional groups attached to an aromatic ring is 1. The van der Waals surface area contributed by atoms with Crippen molar-refractivity contribution in [3.8, 4) is 0 Å². The van der Waals surface area contributed by atoms with Crippen LogP contribution in [0.3, 0.4) is 0 Å². The van der Waals surface area contributed by atoms with Crippen LogP contribution >= 0.6 is 11.6 Å². The molecule has 3 nitrogen and oxygen atoms in total. The number of carboxylic acid groups (broad SMARTS) is 1. The van der Waals surface area contributed by atoms with Gasteiger partial charge in [0.2, 0.25) is 0 Å². The van der Waals surface area contributed by atoms with Crippen molar-refractivity contribution in [1.29, 1.82) is 0 Å². The van der Waals surface area contributed by atoms with E-state index in [0.29, 0.717) is 12.1 Å². The Balaban J connectivity index is 3.35. The molecule has 0 spiro atoms. The number of carbonyl (C=O) groups is 1. The molecule has 70 valence electrons. The summed E-state index contributed by atoms with van der Waals surface area (Å²) in [6, 6.07) is 2.96. The van der Waals surface area contributed by atoms with Crippen molar-refractivity contribution in [1.82, 2.24) is 0 Å². The highest BCUT2D eigenvalue weighted by Gasteiger charge is 2.07. The summed E-state index contributed by atoms with van der Waals surface area (Å²) in [6.45, 7) is 1.87. The van der Waals surface area contributed by atoms with Gasteiger partial charge in [0.25, 0.3) is 0 Å². The molecule has 0 atom stereocenters. The number of benzene rings is 1. The molecule has 0 aliphatic heterocycles. The Morgan fingerprint density at radius 3 is 2.69 bits per heavy atom. The van der Waals surface area contributed by atoms with Crippen molar-refractivity contribution in [2.45, 2.75) is 13.3 Å². The lowest BCUT2D eigenvalue weighted by molar-refractivity contribution is -0.255. The lowest BCUT2D eigenvalue weighted by Crippen LogP contribution is -2.23. The van der Waals surface area contributed by atoms with E-state index in [2.05, 4.69) is 0 Å². The fraction of sp³-hybridized carbons (Fsp3) is 0.222. The fourth-order valence-corrected chi connectivity index (χ4v) is 1.43. The average molecular weight is 199 g/mol. The third-order valence-electron chi connectivity index (χ3n) is 1.77. The molecule has 0 amide bonds. The van der Waals surface area contributed by atoms with Crippen molar-refractivity contribution < 1.29 is 9.90 Å². The molecule has 0 aliphatic carbocycles. The molecule has 4 heteroatoms. The molecule has 1 rings (SSSR count). The topological polar surface area (TPSA) is 66.2 Å². The predicted molar refractivity (Wildman–Crippen MR) is 49.6 cm³/mol. The van der Waals surface area contributed by atoms with Crippen LogP contribution < -0.4 is 10.8 Å². The van der Waals surface area contributed by atoms with Gasteiger partial charge < -0.3 is 15.6 Å². The zero-order valence-corrected chi connectivity index (χ0v) is 7.89. The highest BCUT2D eigenvalue weighted by Crippen LogP contribution is 2.24. The maximum Gasteiger partial charge on any atom is 0.0731 e. The normalized spacial score (nSPS) is 10.0. The van der Waals surface area contributed by atoms with Crippen molar-refractivity contribution >= 4 is 23.3 Å². The molecule has 0 saturated carbocycles. The summed E-state index contributed by atoms with van der Waals surface area (Å²) >= 11 is 5.80. The second-order valence-electron chi connectivity index (χ2n) is 2.68. The third kappa shape index (κ3) is 1.92. The predicted octanol–water partition coefficient (Wildman–Crippen LogP) is 0.848. The average Bonchev–Trinajstić information content (AvgIpc) is 2.08. The molecular weight excluding hydrogens is 190 g/mol. The molecule has 1 aromatic rings. The zero-order valence-electron chi connectivity index (χ0n) is 7.13. The Kier molecular flexibility index (Phi) is 2.78. The van der Waals surface area contributed by atoms with E-state index in [1.165, 1.54) is 6.07 Å². The molecule has 0 aliphatic rings. The molecule has 0 radical (unpaired) electrons. The number of hydrogen-bond donors (Lipinski definition) is 1. The van der Waals surface area contributed by atoms with Crippen LogP contribution in [0.5, 0.6) is 0 Å². The molecule has 0 bridgehead atoms. The van der Waals surface area contributed by atoms with Gasteiger partial charge in [-0.3, -0.25) is 0 Å². The van der Waals surface area contributed by atoms with Crippen LogP contribution in [-0.4, -0.2) is 5.97 Å². The van der Waals surface area contributed by atoms with E-state index < -0.39 is 5.97 Å². The van der Waals surface area contributed by atoms with Crippen LogP contribution in [0.25, 0.3) is 0 Å². The van der Waals surface area contributed by atoms with E-state index in [1.807, 2.05) is 6.92 Å². The van der Waals surface area contributed by atoms with E-state index >= 15 is 0 Å². The number of carboxylic acids is 1. The van der Waals surface area contributed by atoms with Gasteiger partial charge >= 0.3 is 0 Å². The minimum atomic E-state index is -1.30. The number of rotatable bonds is 2. The van der Waals surface area contributed by atoms with Crippen LogP contribution in [-0.2, 0) is 6.42 Å². The number of carbonyl (C=O) groups excluding carboxylic acids is 1. The Morgan fingerprint density at radius 2 is 2.23 bits per heavy atom. The Labute approximate surface area is 81.1 Å². The summed E-state index contributed by atoms with van der Waals surface area (Å²) in [4.78, 5) is 10.6. The molecule has 13 heavy (non-hydrogen) atoms. The van der Waals surface area contributed by atoms with Gasteiger partial charge in [-0.2, -0.15) is 0 Å². The number of halogens is 1. The number of aromatic carboxylic acids is 1. The van der Waals surface area contributed by atoms with Gasteiger partial charge in [0.05, 0.1) is 11.0 Å². The molecule has 0 unspecified atom stereocenters. The monoisotopic (exact) mass is 198 g/mol. The highest BCUT2D eigenvalue weighted by atomic mass is 35.5. The first kappa shape index (κ1) is 9.86. The molecule has 0 heterocycles. The zero-order chi connectivity index (χ0) is 10.0. The lowest BCUT2D eigenvalue weighted by Gasteiger charge is -2.10. The summed E-state index contributed by atoms with van der Waals surface area (Å²) in [5.74, 6) is -1.30. The van der Waals surface area contributed by atoms with E-state index in [1.54, 1.807) is 6.07 Å². The van der Waals surface area contributed by atoms with E-state index in [4.69, 9.17) is 17.3 Å². The molecular formula is C9H9ClNO2-. The molecule has 2 N–H and O–H groups in total. The van der Waals surface area contributed by atoms with E-state index in [-0.39, 0.29) is 10.6 Å². The second kappa shape index (κ2) is 3.66. The summed E-state index contributed by atoms with van der Waals surface area (Å²) in [5, 5.41) is 10.8. The minimum Gasteiger partial charge on any atom is -0.545 e. The number of aryl methyl sites for hydroxylation is 1. The van der Waals surface area contributed by atoms with Gasteiger partial charge in [-0.1, -0.05) is 18.5 Å². The van der Waals surface area contributed by atoms with E-state index in [0.717, 1.165) is 5.56 Å². The Morgan fingerprint density at radius 1 is 1.62 bits per heavy atom. The first-order chi connectivity index (χ1) is 6.06. The fourth-order valence-electron chi connectivity index (χ4n) is 1.12. The summed E-state index contributed by atoms with van der Waals surface area (Å²) in [6.07, 6.45) is 0.643. The summed E-state index contributed by atoms with van der Waals surface area (Å²) in [7, 11) is 0. The van der Waals surface area contributed by atoms with Crippen molar-refractivity contribution in [3.63, 3.8) is 0 Å². The largest absolute Gasteiger partial charge is 0.545 e. The van der Waals surface area contributed by atoms with Crippen molar-refractivity contribution in [3.05, 3.63) is 28.3 Å². The van der Waals surface area contributed by atoms with Crippen LogP contribution in [0.4, 0.5) is 5.69 Å². The van der Waals surface area contributed by atoms with Crippen LogP contribution in [0.2, 0.25) is 5.02 Å². The first-order valence-electron chi connectivity index (χ1n) is 3.85. The standard InChI is InChI=1S/C9H10ClNO2/c1-2-5-3-6(11)4-7(8(5)10)9(12)13/h3-4H,2,11H2,1H3,(H,12,13)/p-1. The molecule has 1 aromatic carbocycles. The maximum atomic E-state index is 10.6. The Hall–Kier alpha value is -1.22. The molecule has 0 saturated heterocycles. The maximum absolute atomic E-state index is 10.6. The quantitative estimate of drug-likeness (QED) is 0.717. The number of hydrogen-bond acceptors (Lipinski definition) is 3. The van der Waals surface area contributed by atoms with Crippen molar-refractivity contribution in [2.24, 2.45) is 0 Å². The van der Waals surface area contributed by atoms with Gasteiger partial charge in [-0.25, -0.2) is 0 Å². The highest BCUT2D eigenvalue weighted by molar-refractivity contribution is 6.34. The number of anilines is 1. The third-order valence-corrected chi connectivity index (χ3v) is 2.22. The minimum absolute atomic E-state index is 0.0430. The smallest absolute Gasteiger partial charge is 0.0731 e. The van der Waals surface area contributed by atoms with Gasteiger partial charge in [0.15, 0.2) is 0 Å². The molecule has 0 fully saturated rings. The number of nitrogens with two attached hydrogens (primary N) is 1. The van der Waals surface area contributed by atoms with Gasteiger partial charge in [0.1, 0.15) is 0 Å². The first-order valence-corrected chi connectivity index (χ1v) is 4.23. The van der Waals surface area contributed by atoms with Gasteiger partial charge in [-0.05, 0) is 24.1 Å². The second-order valence-corrected chi connectivity index (χ2v) is 3.06. The molecule has 0 aromatic heterocycles. The summed E-state index contributed by atoms with van der Waals surface area (Å²) in [5.41, 5.74) is 6.56. The van der Waals surface area contributed by atoms with Gasteiger partial charge in [0, 0.05) is 11.3 Å². The summed E-state index contributed by atoms with van der Waals surface area (Å²) < 4.78 is 0. The van der Waals surface area contributed by atoms with Crippen molar-refractivity contribution in [2.75, 3.05) is 5.73 Å². The lowest BCUT2D eigenvalue weighted by atomic mass is 10.1. The SMILES string of the molecule is CCc1cc(N)cc(C(=O)[O-])c1Cl.